The fourth-order valence-electron chi connectivity index (χ4n) is 5.38. The summed E-state index contributed by atoms with van der Waals surface area (Å²) in [4.78, 5) is 41.8. The zero-order chi connectivity index (χ0) is 35.5. The number of anilines is 4. The standard InChI is InChI=1S/C37H45N7O4S/c1-22-10-11-24(34(45)42-29-19-25(36(2,3)4)20-30(43-49-9)32(29)47-8)18-28(22)41-33-31-27(38-21-39-33)13-12-26(40-31)23-14-16-44(17-15-23)35(46)48-37(5,6)7/h10-14,18-21,43H,15-17H2,1-9H3,(H,42,45)(H,38,39,41). The summed E-state index contributed by atoms with van der Waals surface area (Å²) in [6, 6.07) is 13.4. The molecule has 49 heavy (non-hydrogen) atoms. The van der Waals surface area contributed by atoms with Crippen LogP contribution in [-0.4, -0.2) is 63.9 Å². The number of nitrogens with zero attached hydrogens (tertiary/aromatic N) is 4. The van der Waals surface area contributed by atoms with Crippen LogP contribution in [0.1, 0.15) is 75.1 Å². The first kappa shape index (κ1) is 35.5. The highest BCUT2D eigenvalue weighted by atomic mass is 32.2. The first-order chi connectivity index (χ1) is 23.2. The number of carbonyl (C=O) groups excluding carboxylic acids is 2. The first-order valence-corrected chi connectivity index (χ1v) is 17.4. The van der Waals surface area contributed by atoms with E-state index in [-0.39, 0.29) is 17.4 Å². The molecule has 0 fully saturated rings. The molecule has 0 radical (unpaired) electrons. The maximum absolute atomic E-state index is 13.7. The summed E-state index contributed by atoms with van der Waals surface area (Å²) in [6.45, 7) is 14.9. The van der Waals surface area contributed by atoms with E-state index < -0.39 is 5.60 Å². The van der Waals surface area contributed by atoms with Crippen LogP contribution < -0.4 is 20.1 Å². The molecule has 0 atom stereocenters. The molecule has 0 unspecified atom stereocenters. The van der Waals surface area contributed by atoms with Gasteiger partial charge in [0.1, 0.15) is 17.4 Å². The number of hydrogen-bond acceptors (Lipinski definition) is 10. The Morgan fingerprint density at radius 2 is 1.71 bits per heavy atom. The Hall–Kier alpha value is -4.84. The molecule has 0 aliphatic carbocycles. The average molecular weight is 684 g/mol. The number of aromatic nitrogens is 3. The number of ether oxygens (including phenoxy) is 2. The van der Waals surface area contributed by atoms with E-state index >= 15 is 0 Å². The van der Waals surface area contributed by atoms with E-state index in [1.54, 1.807) is 24.1 Å². The van der Waals surface area contributed by atoms with Gasteiger partial charge in [-0.05, 0) is 92.6 Å². The lowest BCUT2D eigenvalue weighted by molar-refractivity contribution is 0.0270. The smallest absolute Gasteiger partial charge is 0.410 e. The molecule has 258 valence electrons. The van der Waals surface area contributed by atoms with E-state index in [0.717, 1.165) is 28.1 Å². The normalized spacial score (nSPS) is 13.5. The number of hydrogen-bond donors (Lipinski definition) is 3. The molecule has 12 heteroatoms. The molecule has 4 aromatic rings. The molecule has 0 spiro atoms. The lowest BCUT2D eigenvalue weighted by Gasteiger charge is -2.29. The van der Waals surface area contributed by atoms with Crippen molar-refractivity contribution in [2.75, 3.05) is 41.8 Å². The van der Waals surface area contributed by atoms with E-state index in [1.807, 2.05) is 70.4 Å². The highest BCUT2D eigenvalue weighted by Gasteiger charge is 2.25. The number of amides is 2. The molecule has 11 nitrogen and oxygen atoms in total. The van der Waals surface area contributed by atoms with Crippen molar-refractivity contribution in [2.24, 2.45) is 0 Å². The SMILES string of the molecule is COc1c(NSC)cc(C(C)(C)C)cc1NC(=O)c1ccc(C)c(Nc2ncnc3ccc(C4=CCN(C(=O)OC(C)(C)C)CC4)nc23)c1. The second kappa shape index (κ2) is 14.3. The van der Waals surface area contributed by atoms with Crippen LogP contribution in [0.25, 0.3) is 16.6 Å². The van der Waals surface area contributed by atoms with Gasteiger partial charge in [0, 0.05) is 30.6 Å². The van der Waals surface area contributed by atoms with Crippen LogP contribution in [0.4, 0.5) is 27.7 Å². The zero-order valence-corrected chi connectivity index (χ0v) is 30.5. The monoisotopic (exact) mass is 683 g/mol. The predicted molar refractivity (Wildman–Crippen MR) is 199 cm³/mol. The van der Waals surface area contributed by atoms with Gasteiger partial charge in [-0.2, -0.15) is 0 Å². The fraction of sp³-hybridized carbons (Fsp3) is 0.378. The van der Waals surface area contributed by atoms with Crippen molar-refractivity contribution < 1.29 is 19.1 Å². The highest BCUT2D eigenvalue weighted by molar-refractivity contribution is 7.99. The van der Waals surface area contributed by atoms with E-state index in [1.165, 1.54) is 18.3 Å². The number of carbonyl (C=O) groups is 2. The van der Waals surface area contributed by atoms with Gasteiger partial charge in [0.05, 0.1) is 29.7 Å². The number of pyridine rings is 1. The van der Waals surface area contributed by atoms with Gasteiger partial charge < -0.3 is 29.7 Å². The van der Waals surface area contributed by atoms with Crippen LogP contribution in [0.3, 0.4) is 0 Å². The van der Waals surface area contributed by atoms with Crippen LogP contribution >= 0.6 is 11.9 Å². The van der Waals surface area contributed by atoms with Crippen molar-refractivity contribution >= 4 is 63.4 Å². The molecule has 2 aromatic carbocycles. The Morgan fingerprint density at radius 3 is 2.37 bits per heavy atom. The molecule has 0 bridgehead atoms. The van der Waals surface area contributed by atoms with Gasteiger partial charge >= 0.3 is 6.09 Å². The third-order valence-electron chi connectivity index (χ3n) is 8.04. The third-order valence-corrected chi connectivity index (χ3v) is 8.47. The summed E-state index contributed by atoms with van der Waals surface area (Å²) in [6.07, 6.45) is 5.76. The number of aryl methyl sites for hydroxylation is 1. The summed E-state index contributed by atoms with van der Waals surface area (Å²) in [7, 11) is 1.59. The van der Waals surface area contributed by atoms with Gasteiger partial charge in [0.25, 0.3) is 5.91 Å². The van der Waals surface area contributed by atoms with Gasteiger partial charge in [0.15, 0.2) is 11.6 Å². The van der Waals surface area contributed by atoms with Crippen molar-refractivity contribution in [3.63, 3.8) is 0 Å². The first-order valence-electron chi connectivity index (χ1n) is 16.2. The summed E-state index contributed by atoms with van der Waals surface area (Å²) < 4.78 is 14.5. The van der Waals surface area contributed by atoms with Crippen molar-refractivity contribution in [2.45, 2.75) is 65.9 Å². The molecule has 1 aliphatic rings. The molecule has 5 rings (SSSR count). The Bertz CT molecular complexity index is 1910. The van der Waals surface area contributed by atoms with Crippen molar-refractivity contribution in [3.8, 4) is 5.75 Å². The molecule has 2 amide bonds. The minimum absolute atomic E-state index is 0.149. The van der Waals surface area contributed by atoms with Crippen LogP contribution in [0, 0.1) is 6.92 Å². The van der Waals surface area contributed by atoms with Gasteiger partial charge in [0.2, 0.25) is 0 Å². The van der Waals surface area contributed by atoms with E-state index in [2.05, 4.69) is 46.1 Å². The fourth-order valence-corrected chi connectivity index (χ4v) is 5.76. The lowest BCUT2D eigenvalue weighted by Crippen LogP contribution is -2.39. The van der Waals surface area contributed by atoms with Crippen LogP contribution in [-0.2, 0) is 10.2 Å². The minimum atomic E-state index is -0.549. The molecular formula is C37H45N7O4S. The van der Waals surface area contributed by atoms with E-state index in [4.69, 9.17) is 14.5 Å². The van der Waals surface area contributed by atoms with Crippen LogP contribution in [0.15, 0.2) is 54.9 Å². The predicted octanol–water partition coefficient (Wildman–Crippen LogP) is 8.35. The number of methoxy groups -OCH3 is 1. The minimum Gasteiger partial charge on any atom is -0.492 e. The largest absolute Gasteiger partial charge is 0.492 e. The van der Waals surface area contributed by atoms with Crippen LogP contribution in [0.5, 0.6) is 5.75 Å². The van der Waals surface area contributed by atoms with Gasteiger partial charge in [-0.3, -0.25) is 4.79 Å². The van der Waals surface area contributed by atoms with Crippen LogP contribution in [0.2, 0.25) is 0 Å². The quantitative estimate of drug-likeness (QED) is 0.156. The molecular weight excluding hydrogens is 639 g/mol. The van der Waals surface area contributed by atoms with E-state index in [0.29, 0.717) is 59.0 Å². The van der Waals surface area contributed by atoms with Gasteiger partial charge in [-0.15, -0.1) is 0 Å². The molecule has 3 N–H and O–H groups in total. The Morgan fingerprint density at radius 1 is 0.959 bits per heavy atom. The topological polar surface area (TPSA) is 131 Å². The van der Waals surface area contributed by atoms with Crippen molar-refractivity contribution in [3.05, 3.63) is 77.3 Å². The summed E-state index contributed by atoms with van der Waals surface area (Å²) in [5.41, 5.74) is 6.93. The number of nitrogens with one attached hydrogen (secondary N) is 3. The van der Waals surface area contributed by atoms with Crippen molar-refractivity contribution in [1.29, 1.82) is 0 Å². The second-order valence-electron chi connectivity index (χ2n) is 14.0. The molecule has 0 saturated carbocycles. The van der Waals surface area contributed by atoms with Crippen molar-refractivity contribution in [1.82, 2.24) is 19.9 Å². The number of benzene rings is 2. The molecule has 3 heterocycles. The van der Waals surface area contributed by atoms with Gasteiger partial charge in [-0.1, -0.05) is 44.9 Å². The summed E-state index contributed by atoms with van der Waals surface area (Å²) in [5.74, 6) is 0.799. The second-order valence-corrected chi connectivity index (χ2v) is 14.6. The lowest BCUT2D eigenvalue weighted by atomic mass is 9.86. The maximum atomic E-state index is 13.7. The summed E-state index contributed by atoms with van der Waals surface area (Å²) in [5, 5.41) is 6.48. The molecule has 2 aromatic heterocycles. The Labute approximate surface area is 292 Å². The highest BCUT2D eigenvalue weighted by Crippen LogP contribution is 2.40. The Kier molecular flexibility index (Phi) is 10.4. The number of rotatable bonds is 8. The van der Waals surface area contributed by atoms with Gasteiger partial charge in [-0.25, -0.2) is 19.7 Å². The summed E-state index contributed by atoms with van der Waals surface area (Å²) >= 11 is 1.46. The number of fused-ring (bicyclic) bond motifs is 1. The molecule has 0 saturated heterocycles. The Balaban J connectivity index is 1.40. The van der Waals surface area contributed by atoms with E-state index in [9.17, 15) is 9.59 Å². The molecule has 1 aliphatic heterocycles. The zero-order valence-electron chi connectivity index (χ0n) is 29.6. The average Bonchev–Trinajstić information content (AvgIpc) is 3.04. The third kappa shape index (κ3) is 8.43. The maximum Gasteiger partial charge on any atom is 0.410 e.